The van der Waals surface area contributed by atoms with E-state index in [0.29, 0.717) is 6.42 Å². The minimum Gasteiger partial charge on any atom is -0.481 e. The lowest BCUT2D eigenvalue weighted by Gasteiger charge is -2.01. The summed E-state index contributed by atoms with van der Waals surface area (Å²) in [5.41, 5.74) is 3.01. The highest BCUT2D eigenvalue weighted by molar-refractivity contribution is 5.77. The van der Waals surface area contributed by atoms with E-state index in [9.17, 15) is 4.79 Å². The topological polar surface area (TPSA) is 66.0 Å². The van der Waals surface area contributed by atoms with Gasteiger partial charge in [0.15, 0.2) is 0 Å². The van der Waals surface area contributed by atoms with Crippen LogP contribution in [-0.4, -0.2) is 21.3 Å². The molecule has 0 amide bonds. The molecule has 1 aliphatic rings. The van der Waals surface area contributed by atoms with Gasteiger partial charge in [-0.3, -0.25) is 9.89 Å². The van der Waals surface area contributed by atoms with Crippen LogP contribution in [0.15, 0.2) is 36.5 Å². The molecule has 0 unspecified atom stereocenters. The molecule has 1 fully saturated rings. The van der Waals surface area contributed by atoms with Gasteiger partial charge < -0.3 is 5.11 Å². The van der Waals surface area contributed by atoms with E-state index in [1.165, 1.54) is 0 Å². The van der Waals surface area contributed by atoms with Crippen LogP contribution in [0.5, 0.6) is 0 Å². The first-order valence-electron chi connectivity index (χ1n) is 5.59. The summed E-state index contributed by atoms with van der Waals surface area (Å²) in [6.45, 7) is 0. The molecule has 1 heterocycles. The van der Waals surface area contributed by atoms with Crippen LogP contribution in [0, 0.1) is 5.92 Å². The van der Waals surface area contributed by atoms with Gasteiger partial charge in [-0.25, -0.2) is 0 Å². The highest BCUT2D eigenvalue weighted by atomic mass is 16.4. The summed E-state index contributed by atoms with van der Waals surface area (Å²) in [6, 6.07) is 9.87. The first kappa shape index (κ1) is 10.1. The van der Waals surface area contributed by atoms with Crippen LogP contribution >= 0.6 is 0 Å². The molecule has 3 rings (SSSR count). The third-order valence-corrected chi connectivity index (χ3v) is 3.24. The normalized spacial score (nSPS) is 22.4. The molecule has 0 radical (unpaired) electrons. The van der Waals surface area contributed by atoms with Crippen molar-refractivity contribution in [2.45, 2.75) is 12.3 Å². The summed E-state index contributed by atoms with van der Waals surface area (Å²) in [5.74, 6) is -0.841. The Morgan fingerprint density at radius 2 is 2.12 bits per heavy atom. The van der Waals surface area contributed by atoms with Crippen molar-refractivity contribution in [1.29, 1.82) is 0 Å². The van der Waals surface area contributed by atoms with Gasteiger partial charge in [-0.15, -0.1) is 0 Å². The number of carbonyl (C=O) groups is 1. The number of H-pyrrole nitrogens is 1. The molecule has 1 saturated carbocycles. The number of carboxylic acid groups (broad SMARTS) is 1. The number of hydrogen-bond donors (Lipinski definition) is 2. The maximum absolute atomic E-state index is 10.9. The predicted octanol–water partition coefficient (Wildman–Crippen LogP) is 2.26. The second kappa shape index (κ2) is 3.73. The van der Waals surface area contributed by atoms with Crippen molar-refractivity contribution in [1.82, 2.24) is 10.2 Å². The number of nitrogens with one attached hydrogen (secondary N) is 1. The van der Waals surface area contributed by atoms with Crippen molar-refractivity contribution in [3.63, 3.8) is 0 Å². The van der Waals surface area contributed by atoms with E-state index in [4.69, 9.17) is 5.11 Å². The summed E-state index contributed by atoms with van der Waals surface area (Å²) >= 11 is 0. The molecule has 1 aliphatic carbocycles. The fourth-order valence-electron chi connectivity index (χ4n) is 2.22. The van der Waals surface area contributed by atoms with Gasteiger partial charge in [0, 0.05) is 11.5 Å². The number of aromatic amines is 1. The van der Waals surface area contributed by atoms with E-state index < -0.39 is 5.97 Å². The highest BCUT2D eigenvalue weighted by Crippen LogP contribution is 2.49. The van der Waals surface area contributed by atoms with Crippen LogP contribution in [0.2, 0.25) is 0 Å². The van der Waals surface area contributed by atoms with Gasteiger partial charge in [-0.2, -0.15) is 5.10 Å². The molecular weight excluding hydrogens is 216 g/mol. The Labute approximate surface area is 98.3 Å². The van der Waals surface area contributed by atoms with Crippen LogP contribution in [0.4, 0.5) is 0 Å². The molecule has 4 nitrogen and oxygen atoms in total. The Bertz CT molecular complexity index is 548. The molecule has 1 aromatic heterocycles. The molecule has 1 aromatic carbocycles. The average Bonchev–Trinajstić information content (AvgIpc) is 3.00. The van der Waals surface area contributed by atoms with E-state index in [-0.39, 0.29) is 11.8 Å². The Morgan fingerprint density at radius 3 is 2.76 bits per heavy atom. The zero-order valence-corrected chi connectivity index (χ0v) is 9.13. The van der Waals surface area contributed by atoms with E-state index in [1.807, 2.05) is 30.3 Å². The van der Waals surface area contributed by atoms with Crippen molar-refractivity contribution in [3.8, 4) is 11.3 Å². The number of hydrogen-bond acceptors (Lipinski definition) is 2. The number of aliphatic carboxylic acids is 1. The minimum atomic E-state index is -0.713. The van der Waals surface area contributed by atoms with Gasteiger partial charge in [0.1, 0.15) is 0 Å². The third kappa shape index (κ3) is 1.71. The number of carboxylic acids is 1. The van der Waals surface area contributed by atoms with Crippen LogP contribution in [-0.2, 0) is 4.79 Å². The molecule has 86 valence electrons. The second-order valence-corrected chi connectivity index (χ2v) is 4.35. The molecule has 2 aromatic rings. The first-order chi connectivity index (χ1) is 8.27. The maximum atomic E-state index is 10.9. The quantitative estimate of drug-likeness (QED) is 0.846. The van der Waals surface area contributed by atoms with E-state index >= 15 is 0 Å². The van der Waals surface area contributed by atoms with Gasteiger partial charge in [0.25, 0.3) is 0 Å². The van der Waals surface area contributed by atoms with E-state index in [2.05, 4.69) is 10.2 Å². The van der Waals surface area contributed by atoms with Crippen molar-refractivity contribution < 1.29 is 9.90 Å². The lowest BCUT2D eigenvalue weighted by molar-refractivity contribution is -0.138. The van der Waals surface area contributed by atoms with Crippen molar-refractivity contribution in [2.75, 3.05) is 0 Å². The number of rotatable bonds is 3. The first-order valence-corrected chi connectivity index (χ1v) is 5.59. The largest absolute Gasteiger partial charge is 0.481 e. The monoisotopic (exact) mass is 228 g/mol. The minimum absolute atomic E-state index is 0.112. The summed E-state index contributed by atoms with van der Waals surface area (Å²) in [6.07, 6.45) is 2.46. The van der Waals surface area contributed by atoms with Gasteiger partial charge in [-0.05, 0) is 12.0 Å². The molecule has 4 heteroatoms. The summed E-state index contributed by atoms with van der Waals surface area (Å²) in [4.78, 5) is 10.9. The van der Waals surface area contributed by atoms with Gasteiger partial charge in [-0.1, -0.05) is 30.3 Å². The number of nitrogens with zero attached hydrogens (tertiary/aromatic N) is 1. The Morgan fingerprint density at radius 1 is 1.35 bits per heavy atom. The zero-order valence-electron chi connectivity index (χ0n) is 9.13. The molecular formula is C13H12N2O2. The van der Waals surface area contributed by atoms with Gasteiger partial charge in [0.2, 0.25) is 0 Å². The third-order valence-electron chi connectivity index (χ3n) is 3.24. The SMILES string of the molecule is O=C(O)[C@@H]1C[C@H]1c1cn[nH]c1-c1ccccc1. The highest BCUT2D eigenvalue weighted by Gasteiger charge is 2.45. The fourth-order valence-corrected chi connectivity index (χ4v) is 2.22. The molecule has 0 saturated heterocycles. The summed E-state index contributed by atoms with van der Waals surface area (Å²) < 4.78 is 0. The Kier molecular flexibility index (Phi) is 2.21. The van der Waals surface area contributed by atoms with E-state index in [1.54, 1.807) is 6.20 Å². The Hall–Kier alpha value is -2.10. The molecule has 2 atom stereocenters. The molecule has 0 spiro atoms. The van der Waals surface area contributed by atoms with Crippen LogP contribution in [0.1, 0.15) is 17.9 Å². The molecule has 0 bridgehead atoms. The molecule has 0 aliphatic heterocycles. The van der Waals surface area contributed by atoms with Crippen molar-refractivity contribution in [2.24, 2.45) is 5.92 Å². The fraction of sp³-hybridized carbons (Fsp3) is 0.231. The smallest absolute Gasteiger partial charge is 0.307 e. The van der Waals surface area contributed by atoms with Crippen molar-refractivity contribution in [3.05, 3.63) is 42.1 Å². The number of aromatic nitrogens is 2. The summed E-state index contributed by atoms with van der Waals surface area (Å²) in [7, 11) is 0. The maximum Gasteiger partial charge on any atom is 0.307 e. The standard InChI is InChI=1S/C13H12N2O2/c16-13(17)10-6-9(10)11-7-14-15-12(11)8-4-2-1-3-5-8/h1-5,7,9-10H,6H2,(H,14,15)(H,16,17)/t9-,10-/m1/s1. The average molecular weight is 228 g/mol. The molecule has 17 heavy (non-hydrogen) atoms. The lowest BCUT2D eigenvalue weighted by atomic mass is 10.0. The van der Waals surface area contributed by atoms with Gasteiger partial charge >= 0.3 is 5.97 Å². The predicted molar refractivity (Wildman–Crippen MR) is 62.5 cm³/mol. The van der Waals surface area contributed by atoms with Crippen LogP contribution < -0.4 is 0 Å². The number of benzene rings is 1. The lowest BCUT2D eigenvalue weighted by Crippen LogP contribution is -1.99. The Balaban J connectivity index is 1.94. The van der Waals surface area contributed by atoms with Crippen LogP contribution in [0.3, 0.4) is 0 Å². The second-order valence-electron chi connectivity index (χ2n) is 4.35. The van der Waals surface area contributed by atoms with Gasteiger partial charge in [0.05, 0.1) is 17.8 Å². The van der Waals surface area contributed by atoms with E-state index in [0.717, 1.165) is 16.8 Å². The summed E-state index contributed by atoms with van der Waals surface area (Å²) in [5, 5.41) is 15.9. The van der Waals surface area contributed by atoms with Crippen molar-refractivity contribution >= 4 is 5.97 Å². The van der Waals surface area contributed by atoms with Crippen LogP contribution in [0.25, 0.3) is 11.3 Å². The zero-order chi connectivity index (χ0) is 11.8. The molecule has 2 N–H and O–H groups in total.